The van der Waals surface area contributed by atoms with Crippen molar-refractivity contribution < 1.29 is 0 Å². The van der Waals surface area contributed by atoms with Crippen molar-refractivity contribution in [1.82, 2.24) is 4.57 Å². The van der Waals surface area contributed by atoms with Gasteiger partial charge >= 0.3 is 0 Å². The number of benzene rings is 1. The lowest BCUT2D eigenvalue weighted by molar-refractivity contribution is 0.706. The molecule has 0 atom stereocenters. The van der Waals surface area contributed by atoms with Gasteiger partial charge in [-0.2, -0.15) is 11.8 Å². The van der Waals surface area contributed by atoms with Gasteiger partial charge < -0.3 is 10.3 Å². The first-order valence-electron chi connectivity index (χ1n) is 6.12. The Labute approximate surface area is 107 Å². The number of aromatic nitrogens is 1. The quantitative estimate of drug-likeness (QED) is 0.797. The Hall–Kier alpha value is -0.930. The minimum atomic E-state index is 0.721. The molecule has 0 aliphatic heterocycles. The molecule has 0 radical (unpaired) electrons. The lowest BCUT2D eigenvalue weighted by Gasteiger charge is -2.03. The molecule has 0 saturated heterocycles. The maximum atomic E-state index is 5.67. The number of nitrogens with two attached hydrogens (primary N) is 1. The number of aryl methyl sites for hydroxylation is 1. The zero-order valence-electron chi connectivity index (χ0n) is 10.4. The molecule has 2 aromatic rings. The van der Waals surface area contributed by atoms with Crippen LogP contribution in [0.1, 0.15) is 12.0 Å². The molecule has 0 bridgehead atoms. The summed E-state index contributed by atoms with van der Waals surface area (Å²) in [7, 11) is 0. The SMILES string of the molecule is CSCCCn1cc(CCN)c2ccccc21. The molecule has 0 fully saturated rings. The monoisotopic (exact) mass is 248 g/mol. The van der Waals surface area contributed by atoms with Gasteiger partial charge in [0.05, 0.1) is 0 Å². The Morgan fingerprint density at radius 1 is 1.29 bits per heavy atom. The fraction of sp³-hybridized carbons (Fsp3) is 0.429. The molecule has 0 spiro atoms. The summed E-state index contributed by atoms with van der Waals surface area (Å²) in [6, 6.07) is 8.62. The van der Waals surface area contributed by atoms with E-state index in [2.05, 4.69) is 41.3 Å². The Bertz CT molecular complexity index is 476. The lowest BCUT2D eigenvalue weighted by atomic mass is 10.1. The van der Waals surface area contributed by atoms with E-state index in [-0.39, 0.29) is 0 Å². The van der Waals surface area contributed by atoms with Crippen LogP contribution in [0.4, 0.5) is 0 Å². The van der Waals surface area contributed by atoms with Gasteiger partial charge in [-0.05, 0) is 43.0 Å². The number of nitrogens with zero attached hydrogens (tertiary/aromatic N) is 1. The Morgan fingerprint density at radius 3 is 2.88 bits per heavy atom. The zero-order chi connectivity index (χ0) is 12.1. The van der Waals surface area contributed by atoms with Crippen LogP contribution in [0.5, 0.6) is 0 Å². The first-order valence-corrected chi connectivity index (χ1v) is 7.52. The van der Waals surface area contributed by atoms with Gasteiger partial charge in [-0.15, -0.1) is 0 Å². The minimum absolute atomic E-state index is 0.721. The zero-order valence-corrected chi connectivity index (χ0v) is 11.2. The van der Waals surface area contributed by atoms with Gasteiger partial charge in [-0.1, -0.05) is 18.2 Å². The molecule has 0 amide bonds. The van der Waals surface area contributed by atoms with Crippen molar-refractivity contribution in [3.63, 3.8) is 0 Å². The molecular formula is C14H20N2S. The molecule has 1 aromatic heterocycles. The number of fused-ring (bicyclic) bond motifs is 1. The number of hydrogen-bond donors (Lipinski definition) is 1. The highest BCUT2D eigenvalue weighted by Gasteiger charge is 2.06. The average Bonchev–Trinajstić information content (AvgIpc) is 2.70. The summed E-state index contributed by atoms with van der Waals surface area (Å²) in [4.78, 5) is 0. The molecule has 0 aliphatic carbocycles. The summed E-state index contributed by atoms with van der Waals surface area (Å²) < 4.78 is 2.37. The van der Waals surface area contributed by atoms with E-state index in [1.807, 2.05) is 11.8 Å². The van der Waals surface area contributed by atoms with Crippen LogP contribution in [0.25, 0.3) is 10.9 Å². The van der Waals surface area contributed by atoms with Crippen LogP contribution in [-0.2, 0) is 13.0 Å². The molecule has 2 N–H and O–H groups in total. The first kappa shape index (κ1) is 12.5. The second kappa shape index (κ2) is 6.12. The van der Waals surface area contributed by atoms with E-state index < -0.39 is 0 Å². The highest BCUT2D eigenvalue weighted by atomic mass is 32.2. The van der Waals surface area contributed by atoms with E-state index in [9.17, 15) is 0 Å². The van der Waals surface area contributed by atoms with Crippen molar-refractivity contribution in [3.05, 3.63) is 36.0 Å². The summed E-state index contributed by atoms with van der Waals surface area (Å²) in [6.45, 7) is 1.82. The van der Waals surface area contributed by atoms with E-state index in [1.54, 1.807) is 0 Å². The van der Waals surface area contributed by atoms with Crippen LogP contribution in [0.3, 0.4) is 0 Å². The van der Waals surface area contributed by atoms with Crippen molar-refractivity contribution in [3.8, 4) is 0 Å². The van der Waals surface area contributed by atoms with Gasteiger partial charge in [0.25, 0.3) is 0 Å². The van der Waals surface area contributed by atoms with Crippen molar-refractivity contribution in [2.75, 3.05) is 18.6 Å². The van der Waals surface area contributed by atoms with Crippen LogP contribution in [0.15, 0.2) is 30.5 Å². The molecule has 3 heteroatoms. The molecule has 2 nitrogen and oxygen atoms in total. The Morgan fingerprint density at radius 2 is 2.12 bits per heavy atom. The van der Waals surface area contributed by atoms with Gasteiger partial charge in [0.15, 0.2) is 0 Å². The average molecular weight is 248 g/mol. The molecule has 92 valence electrons. The summed E-state index contributed by atoms with van der Waals surface area (Å²) in [5.41, 5.74) is 8.40. The van der Waals surface area contributed by atoms with E-state index in [0.717, 1.165) is 19.5 Å². The van der Waals surface area contributed by atoms with Crippen molar-refractivity contribution in [2.24, 2.45) is 5.73 Å². The second-order valence-electron chi connectivity index (χ2n) is 4.25. The Kier molecular flexibility index (Phi) is 4.51. The van der Waals surface area contributed by atoms with Gasteiger partial charge in [0, 0.05) is 23.6 Å². The normalized spacial score (nSPS) is 11.2. The molecular weight excluding hydrogens is 228 g/mol. The predicted octanol–water partition coefficient (Wildman–Crippen LogP) is 2.90. The fourth-order valence-corrected chi connectivity index (χ4v) is 2.66. The third-order valence-corrected chi connectivity index (χ3v) is 3.73. The number of para-hydroxylation sites is 1. The lowest BCUT2D eigenvalue weighted by Crippen LogP contribution is -2.02. The third-order valence-electron chi connectivity index (χ3n) is 3.03. The molecule has 0 unspecified atom stereocenters. The van der Waals surface area contributed by atoms with Crippen LogP contribution < -0.4 is 5.73 Å². The highest BCUT2D eigenvalue weighted by molar-refractivity contribution is 7.98. The highest BCUT2D eigenvalue weighted by Crippen LogP contribution is 2.22. The maximum absolute atomic E-state index is 5.67. The second-order valence-corrected chi connectivity index (χ2v) is 5.24. The van der Waals surface area contributed by atoms with Crippen molar-refractivity contribution in [1.29, 1.82) is 0 Å². The Balaban J connectivity index is 2.28. The van der Waals surface area contributed by atoms with Crippen LogP contribution in [0.2, 0.25) is 0 Å². The van der Waals surface area contributed by atoms with Crippen molar-refractivity contribution >= 4 is 22.7 Å². The van der Waals surface area contributed by atoms with Gasteiger partial charge in [0.1, 0.15) is 0 Å². The van der Waals surface area contributed by atoms with Crippen LogP contribution in [0, 0.1) is 0 Å². The fourth-order valence-electron chi connectivity index (χ4n) is 2.24. The van der Waals surface area contributed by atoms with E-state index in [1.165, 1.54) is 28.6 Å². The number of hydrogen-bond acceptors (Lipinski definition) is 2. The molecule has 0 saturated carbocycles. The predicted molar refractivity (Wildman–Crippen MR) is 77.7 cm³/mol. The van der Waals surface area contributed by atoms with Crippen LogP contribution in [-0.4, -0.2) is 23.1 Å². The standard InChI is InChI=1S/C14H20N2S/c1-17-10-4-9-16-11-12(7-8-15)13-5-2-3-6-14(13)16/h2-3,5-6,11H,4,7-10,15H2,1H3. The molecule has 2 rings (SSSR count). The summed E-state index contributed by atoms with van der Waals surface area (Å²) in [6.07, 6.45) is 6.63. The summed E-state index contributed by atoms with van der Waals surface area (Å²) in [5.74, 6) is 1.22. The topological polar surface area (TPSA) is 30.9 Å². The van der Waals surface area contributed by atoms with Gasteiger partial charge in [-0.25, -0.2) is 0 Å². The number of thioether (sulfide) groups is 1. The summed E-state index contributed by atoms with van der Waals surface area (Å²) in [5, 5.41) is 1.36. The minimum Gasteiger partial charge on any atom is -0.347 e. The maximum Gasteiger partial charge on any atom is 0.0483 e. The largest absolute Gasteiger partial charge is 0.347 e. The number of rotatable bonds is 6. The smallest absolute Gasteiger partial charge is 0.0483 e. The first-order chi connectivity index (χ1) is 8.36. The molecule has 17 heavy (non-hydrogen) atoms. The third kappa shape index (κ3) is 2.85. The van der Waals surface area contributed by atoms with E-state index in [0.29, 0.717) is 0 Å². The van der Waals surface area contributed by atoms with Gasteiger partial charge in [-0.3, -0.25) is 0 Å². The molecule has 1 heterocycles. The van der Waals surface area contributed by atoms with Crippen molar-refractivity contribution in [2.45, 2.75) is 19.4 Å². The van der Waals surface area contributed by atoms with Crippen LogP contribution >= 0.6 is 11.8 Å². The summed E-state index contributed by atoms with van der Waals surface area (Å²) >= 11 is 1.91. The van der Waals surface area contributed by atoms with E-state index in [4.69, 9.17) is 5.73 Å². The molecule has 0 aliphatic rings. The van der Waals surface area contributed by atoms with Gasteiger partial charge in [0.2, 0.25) is 0 Å². The molecule has 1 aromatic carbocycles. The van der Waals surface area contributed by atoms with E-state index >= 15 is 0 Å².